The van der Waals surface area contributed by atoms with Crippen molar-refractivity contribution in [3.05, 3.63) is 65.2 Å². The van der Waals surface area contributed by atoms with Gasteiger partial charge in [-0.05, 0) is 49.2 Å². The molecule has 0 bridgehead atoms. The number of amides is 3. The number of carbonyl (C=O) groups is 3. The molecule has 0 radical (unpaired) electrons. The Morgan fingerprint density at radius 2 is 1.73 bits per heavy atom. The Hall–Kier alpha value is -3.12. The van der Waals surface area contributed by atoms with Crippen molar-refractivity contribution in [3.8, 4) is 0 Å². The number of allylic oxidation sites excluding steroid dienone is 1. The molecule has 2 fully saturated rings. The van der Waals surface area contributed by atoms with Gasteiger partial charge in [0.2, 0.25) is 17.7 Å². The molecule has 2 aromatic carbocycles. The van der Waals surface area contributed by atoms with Crippen LogP contribution in [0.5, 0.6) is 0 Å². The molecule has 5 rings (SSSR count). The predicted molar refractivity (Wildman–Crippen MR) is 129 cm³/mol. The van der Waals surface area contributed by atoms with Crippen LogP contribution in [-0.2, 0) is 14.4 Å². The van der Waals surface area contributed by atoms with Crippen LogP contribution >= 0.6 is 11.6 Å². The van der Waals surface area contributed by atoms with Crippen molar-refractivity contribution in [3.63, 3.8) is 0 Å². The number of anilines is 2. The highest BCUT2D eigenvalue weighted by atomic mass is 35.5. The number of rotatable bonds is 5. The number of unbranched alkanes of at least 4 members (excludes halogenated alkanes) is 1. The fourth-order valence-electron chi connectivity index (χ4n) is 5.45. The molecule has 2 aromatic rings. The average Bonchev–Trinajstić information content (AvgIpc) is 3.27. The topological polar surface area (TPSA) is 69.7 Å². The van der Waals surface area contributed by atoms with E-state index in [-0.39, 0.29) is 23.8 Å². The molecule has 1 N–H and O–H groups in total. The molecule has 0 aromatic heterocycles. The van der Waals surface area contributed by atoms with Gasteiger partial charge in [-0.25, -0.2) is 0 Å². The minimum Gasteiger partial charge on any atom is -0.351 e. The summed E-state index contributed by atoms with van der Waals surface area (Å²) in [6, 6.07) is 13.6. The maximum atomic E-state index is 13.7. The quantitative estimate of drug-likeness (QED) is 0.669. The third-order valence-electron chi connectivity index (χ3n) is 6.96. The Morgan fingerprint density at radius 1 is 1.03 bits per heavy atom. The second kappa shape index (κ2) is 8.34. The van der Waals surface area contributed by atoms with Crippen molar-refractivity contribution in [2.24, 2.45) is 11.8 Å². The van der Waals surface area contributed by atoms with Crippen molar-refractivity contribution in [1.82, 2.24) is 4.90 Å². The van der Waals surface area contributed by atoms with Crippen LogP contribution in [0.15, 0.2) is 54.6 Å². The molecule has 0 saturated carbocycles. The van der Waals surface area contributed by atoms with Crippen LogP contribution in [0.4, 0.5) is 11.4 Å². The van der Waals surface area contributed by atoms with E-state index in [1.165, 1.54) is 4.90 Å². The smallest absolute Gasteiger partial charge is 0.247 e. The third-order valence-corrected chi connectivity index (χ3v) is 7.21. The van der Waals surface area contributed by atoms with Crippen LogP contribution in [0.2, 0.25) is 5.02 Å². The van der Waals surface area contributed by atoms with Gasteiger partial charge in [0.1, 0.15) is 6.04 Å². The monoisotopic (exact) mass is 463 g/mol. The summed E-state index contributed by atoms with van der Waals surface area (Å²) in [5.74, 6) is -2.00. The van der Waals surface area contributed by atoms with E-state index in [0.717, 1.165) is 29.7 Å². The number of hydrogen-bond donors (Lipinski definition) is 1. The Labute approximate surface area is 198 Å². The first-order chi connectivity index (χ1) is 15.9. The van der Waals surface area contributed by atoms with Crippen molar-refractivity contribution in [2.75, 3.05) is 16.8 Å². The van der Waals surface area contributed by atoms with Gasteiger partial charge in [0, 0.05) is 28.5 Å². The number of nitrogens with zero attached hydrogens (tertiary/aromatic N) is 2. The Balaban J connectivity index is 1.57. The molecule has 3 heterocycles. The lowest BCUT2D eigenvalue weighted by atomic mass is 9.87. The molecule has 7 heteroatoms. The van der Waals surface area contributed by atoms with Gasteiger partial charge in [0.25, 0.3) is 0 Å². The molecule has 3 aliphatic rings. The fourth-order valence-corrected chi connectivity index (χ4v) is 5.57. The van der Waals surface area contributed by atoms with Gasteiger partial charge in [0.15, 0.2) is 0 Å². The van der Waals surface area contributed by atoms with E-state index >= 15 is 0 Å². The van der Waals surface area contributed by atoms with Crippen LogP contribution in [0.3, 0.4) is 0 Å². The van der Waals surface area contributed by atoms with Crippen molar-refractivity contribution < 1.29 is 14.4 Å². The molecule has 170 valence electrons. The summed E-state index contributed by atoms with van der Waals surface area (Å²) in [5.41, 5.74) is 3.55. The van der Waals surface area contributed by atoms with E-state index in [0.29, 0.717) is 17.3 Å². The highest BCUT2D eigenvalue weighted by Crippen LogP contribution is 2.50. The number of imide groups is 1. The highest BCUT2D eigenvalue weighted by Gasteiger charge is 2.64. The standard InChI is InChI=1S/C26H26ClN3O3/c1-3-4-13-29-25(32)21-20-14-15(2)18-7-5-6-8-19(18)30(20)23(22(21)26(29)33)24(31)28-17-11-9-16(27)10-12-17/h5-12,14,20-23H,3-4,13H2,1-2H3,(H,28,31)/t20-,21-,22+,23-/m1/s1. The van der Waals surface area contributed by atoms with Crippen molar-refractivity contribution >= 4 is 46.3 Å². The summed E-state index contributed by atoms with van der Waals surface area (Å²) in [7, 11) is 0. The molecule has 33 heavy (non-hydrogen) atoms. The summed E-state index contributed by atoms with van der Waals surface area (Å²) in [4.78, 5) is 44.0. The molecule has 0 spiro atoms. The molecular weight excluding hydrogens is 438 g/mol. The van der Waals surface area contributed by atoms with Gasteiger partial charge in [0.05, 0.1) is 17.9 Å². The van der Waals surface area contributed by atoms with Crippen molar-refractivity contribution in [1.29, 1.82) is 0 Å². The number of likely N-dealkylation sites (tertiary alicyclic amines) is 1. The summed E-state index contributed by atoms with van der Waals surface area (Å²) >= 11 is 5.99. The largest absolute Gasteiger partial charge is 0.351 e. The Kier molecular flexibility index (Phi) is 5.49. The molecule has 2 saturated heterocycles. The van der Waals surface area contributed by atoms with E-state index in [1.807, 2.05) is 49.1 Å². The van der Waals surface area contributed by atoms with Crippen molar-refractivity contribution in [2.45, 2.75) is 38.8 Å². The van der Waals surface area contributed by atoms with Gasteiger partial charge >= 0.3 is 0 Å². The molecule has 4 atom stereocenters. The molecular formula is C26H26ClN3O3. The first-order valence-electron chi connectivity index (χ1n) is 11.4. The number of fused-ring (bicyclic) bond motifs is 5. The second-order valence-electron chi connectivity index (χ2n) is 8.94. The van der Waals surface area contributed by atoms with E-state index in [4.69, 9.17) is 11.6 Å². The number of benzene rings is 2. The highest BCUT2D eigenvalue weighted by molar-refractivity contribution is 6.30. The first kappa shape index (κ1) is 21.7. The van der Waals surface area contributed by atoms with E-state index in [9.17, 15) is 14.4 Å². The minimum absolute atomic E-state index is 0.168. The summed E-state index contributed by atoms with van der Waals surface area (Å²) in [6.45, 7) is 4.45. The van der Waals surface area contributed by atoms with Crippen LogP contribution in [0.25, 0.3) is 5.57 Å². The lowest BCUT2D eigenvalue weighted by molar-refractivity contribution is -0.141. The van der Waals surface area contributed by atoms with Crippen LogP contribution < -0.4 is 10.2 Å². The van der Waals surface area contributed by atoms with Gasteiger partial charge in [-0.15, -0.1) is 0 Å². The molecule has 3 amide bonds. The van der Waals surface area contributed by atoms with Crippen LogP contribution in [0, 0.1) is 11.8 Å². The fraction of sp³-hybridized carbons (Fsp3) is 0.346. The zero-order chi connectivity index (χ0) is 23.3. The zero-order valence-electron chi connectivity index (χ0n) is 18.6. The zero-order valence-corrected chi connectivity index (χ0v) is 19.4. The summed E-state index contributed by atoms with van der Waals surface area (Å²) in [5, 5.41) is 3.52. The Morgan fingerprint density at radius 3 is 2.45 bits per heavy atom. The molecule has 0 aliphatic carbocycles. The number of carbonyl (C=O) groups excluding carboxylic acids is 3. The molecule has 6 nitrogen and oxygen atoms in total. The first-order valence-corrected chi connectivity index (χ1v) is 11.8. The van der Waals surface area contributed by atoms with E-state index < -0.39 is 17.9 Å². The SMILES string of the molecule is CCCCN1C(=O)[C@H]2[C@H](C1=O)[C@H](C(=O)Nc1ccc(Cl)cc1)N1c3ccccc3C(C)=C[C@H]21. The van der Waals surface area contributed by atoms with E-state index in [2.05, 4.69) is 5.32 Å². The summed E-state index contributed by atoms with van der Waals surface area (Å²) < 4.78 is 0. The second-order valence-corrected chi connectivity index (χ2v) is 9.38. The van der Waals surface area contributed by atoms with Gasteiger partial charge < -0.3 is 10.2 Å². The normalized spacial score (nSPS) is 25.5. The lowest BCUT2D eigenvalue weighted by Crippen LogP contribution is -2.50. The van der Waals surface area contributed by atoms with Gasteiger partial charge in [-0.2, -0.15) is 0 Å². The van der Waals surface area contributed by atoms with Gasteiger partial charge in [-0.1, -0.05) is 49.2 Å². The number of para-hydroxylation sites is 1. The number of nitrogens with one attached hydrogen (secondary N) is 1. The lowest BCUT2D eigenvalue weighted by Gasteiger charge is -2.37. The maximum absolute atomic E-state index is 13.7. The van der Waals surface area contributed by atoms with Crippen LogP contribution in [-0.4, -0.2) is 41.2 Å². The average molecular weight is 464 g/mol. The number of hydrogen-bond acceptors (Lipinski definition) is 4. The molecule has 0 unspecified atom stereocenters. The number of halogens is 1. The maximum Gasteiger partial charge on any atom is 0.247 e. The Bertz CT molecular complexity index is 1160. The minimum atomic E-state index is -0.788. The third kappa shape index (κ3) is 3.44. The predicted octanol–water partition coefficient (Wildman–Crippen LogP) is 4.35. The van der Waals surface area contributed by atoms with Gasteiger partial charge in [-0.3, -0.25) is 19.3 Å². The summed E-state index contributed by atoms with van der Waals surface area (Å²) in [6.07, 6.45) is 3.68. The van der Waals surface area contributed by atoms with Crippen LogP contribution in [0.1, 0.15) is 32.3 Å². The van der Waals surface area contributed by atoms with E-state index in [1.54, 1.807) is 24.3 Å². The molecule has 3 aliphatic heterocycles.